The van der Waals surface area contributed by atoms with Gasteiger partial charge in [-0.15, -0.1) is 0 Å². The van der Waals surface area contributed by atoms with E-state index in [0.29, 0.717) is 0 Å². The van der Waals surface area contributed by atoms with Crippen molar-refractivity contribution < 1.29 is 0 Å². The Hall–Kier alpha value is -0.0800. The molecule has 0 bridgehead atoms. The summed E-state index contributed by atoms with van der Waals surface area (Å²) in [7, 11) is 0. The van der Waals surface area contributed by atoms with Crippen molar-refractivity contribution in [2.75, 3.05) is 26.2 Å². The van der Waals surface area contributed by atoms with Crippen molar-refractivity contribution in [3.8, 4) is 0 Å². The van der Waals surface area contributed by atoms with Crippen LogP contribution in [0.4, 0.5) is 0 Å². The van der Waals surface area contributed by atoms with Crippen molar-refractivity contribution in [3.63, 3.8) is 0 Å². The Bertz CT molecular complexity index is 175. The number of likely N-dealkylation sites (tertiary alicyclic amines) is 1. The molecule has 82 valence electrons. The van der Waals surface area contributed by atoms with E-state index in [-0.39, 0.29) is 0 Å². The van der Waals surface area contributed by atoms with Gasteiger partial charge in [0.05, 0.1) is 0 Å². The van der Waals surface area contributed by atoms with E-state index in [9.17, 15) is 0 Å². The highest BCUT2D eigenvalue weighted by Gasteiger charge is 2.25. The fourth-order valence-electron chi connectivity index (χ4n) is 2.31. The topological polar surface area (TPSA) is 15.3 Å². The van der Waals surface area contributed by atoms with Crippen LogP contribution >= 0.6 is 0 Å². The molecular weight excluding hydrogens is 172 g/mol. The van der Waals surface area contributed by atoms with Gasteiger partial charge in [-0.1, -0.05) is 0 Å². The van der Waals surface area contributed by atoms with Crippen molar-refractivity contribution in [1.29, 1.82) is 0 Å². The Labute approximate surface area is 88.1 Å². The SMILES string of the molecule is CC(C)N1CCC(CNCC2CC2)C1. The van der Waals surface area contributed by atoms with Crippen LogP contribution in [0.3, 0.4) is 0 Å². The van der Waals surface area contributed by atoms with Crippen LogP contribution in [-0.2, 0) is 0 Å². The van der Waals surface area contributed by atoms with E-state index in [2.05, 4.69) is 24.1 Å². The normalized spacial score (nSPS) is 28.9. The Morgan fingerprint density at radius 1 is 1.14 bits per heavy atom. The molecule has 0 aromatic heterocycles. The van der Waals surface area contributed by atoms with Gasteiger partial charge in [-0.05, 0) is 64.6 Å². The zero-order valence-electron chi connectivity index (χ0n) is 9.63. The summed E-state index contributed by atoms with van der Waals surface area (Å²) in [5.74, 6) is 1.94. The average Bonchev–Trinajstić information content (AvgIpc) is 2.82. The maximum Gasteiger partial charge on any atom is 0.00387 e. The fourth-order valence-corrected chi connectivity index (χ4v) is 2.31. The molecule has 2 heteroatoms. The molecule has 1 unspecified atom stereocenters. The lowest BCUT2D eigenvalue weighted by molar-refractivity contribution is 0.264. The Balaban J connectivity index is 1.58. The first-order chi connectivity index (χ1) is 6.75. The molecule has 1 N–H and O–H groups in total. The number of hydrogen-bond donors (Lipinski definition) is 1. The second-order valence-corrected chi connectivity index (χ2v) is 5.35. The first-order valence-corrected chi connectivity index (χ1v) is 6.20. The molecule has 0 aromatic rings. The molecule has 1 atom stereocenters. The van der Waals surface area contributed by atoms with Gasteiger partial charge in [0.15, 0.2) is 0 Å². The monoisotopic (exact) mass is 196 g/mol. The molecule has 1 saturated heterocycles. The molecule has 1 aliphatic heterocycles. The average molecular weight is 196 g/mol. The van der Waals surface area contributed by atoms with Gasteiger partial charge in [-0.2, -0.15) is 0 Å². The van der Waals surface area contributed by atoms with Crippen LogP contribution in [0.15, 0.2) is 0 Å². The summed E-state index contributed by atoms with van der Waals surface area (Å²) in [5.41, 5.74) is 0. The summed E-state index contributed by atoms with van der Waals surface area (Å²) < 4.78 is 0. The van der Waals surface area contributed by atoms with Gasteiger partial charge < -0.3 is 10.2 Å². The van der Waals surface area contributed by atoms with E-state index < -0.39 is 0 Å². The molecule has 1 heterocycles. The number of nitrogens with one attached hydrogen (secondary N) is 1. The molecule has 0 spiro atoms. The van der Waals surface area contributed by atoms with Crippen molar-refractivity contribution >= 4 is 0 Å². The summed E-state index contributed by atoms with van der Waals surface area (Å²) in [6, 6.07) is 0.739. The number of rotatable bonds is 5. The molecule has 2 fully saturated rings. The van der Waals surface area contributed by atoms with Crippen molar-refractivity contribution in [3.05, 3.63) is 0 Å². The third-order valence-corrected chi connectivity index (χ3v) is 3.61. The van der Waals surface area contributed by atoms with Gasteiger partial charge >= 0.3 is 0 Å². The molecule has 0 aromatic carbocycles. The highest BCUT2D eigenvalue weighted by molar-refractivity contribution is 4.81. The smallest absolute Gasteiger partial charge is 0.00387 e. The number of nitrogens with zero attached hydrogens (tertiary/aromatic N) is 1. The highest BCUT2D eigenvalue weighted by Crippen LogP contribution is 2.27. The van der Waals surface area contributed by atoms with E-state index in [1.54, 1.807) is 0 Å². The first kappa shape index (κ1) is 10.4. The third kappa shape index (κ3) is 2.96. The minimum atomic E-state index is 0.739. The van der Waals surface area contributed by atoms with Gasteiger partial charge in [0, 0.05) is 12.6 Å². The van der Waals surface area contributed by atoms with E-state index >= 15 is 0 Å². The molecule has 2 rings (SSSR count). The minimum absolute atomic E-state index is 0.739. The maximum atomic E-state index is 3.62. The van der Waals surface area contributed by atoms with Crippen LogP contribution in [0.2, 0.25) is 0 Å². The van der Waals surface area contributed by atoms with E-state index in [4.69, 9.17) is 0 Å². The summed E-state index contributed by atoms with van der Waals surface area (Å²) in [5, 5.41) is 3.62. The second kappa shape index (κ2) is 4.63. The zero-order valence-corrected chi connectivity index (χ0v) is 9.63. The van der Waals surface area contributed by atoms with Gasteiger partial charge in [0.2, 0.25) is 0 Å². The maximum absolute atomic E-state index is 3.62. The molecule has 0 amide bonds. The molecule has 0 radical (unpaired) electrons. The van der Waals surface area contributed by atoms with Crippen molar-refractivity contribution in [2.24, 2.45) is 11.8 Å². The van der Waals surface area contributed by atoms with Gasteiger partial charge in [-0.25, -0.2) is 0 Å². The Morgan fingerprint density at radius 3 is 2.43 bits per heavy atom. The van der Waals surface area contributed by atoms with Crippen molar-refractivity contribution in [2.45, 2.75) is 39.2 Å². The third-order valence-electron chi connectivity index (χ3n) is 3.61. The lowest BCUT2D eigenvalue weighted by Gasteiger charge is -2.20. The van der Waals surface area contributed by atoms with Crippen LogP contribution < -0.4 is 5.32 Å². The predicted octanol–water partition coefficient (Wildman–Crippen LogP) is 1.72. The van der Waals surface area contributed by atoms with E-state index in [1.165, 1.54) is 45.4 Å². The van der Waals surface area contributed by atoms with Crippen molar-refractivity contribution in [1.82, 2.24) is 10.2 Å². The largest absolute Gasteiger partial charge is 0.316 e. The van der Waals surface area contributed by atoms with Crippen LogP contribution in [0.25, 0.3) is 0 Å². The van der Waals surface area contributed by atoms with E-state index in [1.807, 2.05) is 0 Å². The lowest BCUT2D eigenvalue weighted by Crippen LogP contribution is -2.31. The quantitative estimate of drug-likeness (QED) is 0.720. The standard InChI is InChI=1S/C12H24N2/c1-10(2)14-6-5-12(9-14)8-13-7-11-3-4-11/h10-13H,3-9H2,1-2H3. The highest BCUT2D eigenvalue weighted by atomic mass is 15.2. The molecule has 2 nitrogen and oxygen atoms in total. The summed E-state index contributed by atoms with van der Waals surface area (Å²) in [4.78, 5) is 2.60. The minimum Gasteiger partial charge on any atom is -0.316 e. The summed E-state index contributed by atoms with van der Waals surface area (Å²) in [6.07, 6.45) is 4.33. The molecule has 1 aliphatic carbocycles. The van der Waals surface area contributed by atoms with Crippen LogP contribution in [0.1, 0.15) is 33.1 Å². The molecular formula is C12H24N2. The predicted molar refractivity (Wildman–Crippen MR) is 60.4 cm³/mol. The van der Waals surface area contributed by atoms with Crippen LogP contribution in [0.5, 0.6) is 0 Å². The Kier molecular flexibility index (Phi) is 3.45. The summed E-state index contributed by atoms with van der Waals surface area (Å²) >= 11 is 0. The first-order valence-electron chi connectivity index (χ1n) is 6.20. The van der Waals surface area contributed by atoms with Gasteiger partial charge in [0.25, 0.3) is 0 Å². The lowest BCUT2D eigenvalue weighted by atomic mass is 10.1. The second-order valence-electron chi connectivity index (χ2n) is 5.35. The summed E-state index contributed by atoms with van der Waals surface area (Å²) in [6.45, 7) is 9.76. The van der Waals surface area contributed by atoms with Crippen LogP contribution in [0, 0.1) is 11.8 Å². The zero-order chi connectivity index (χ0) is 9.97. The molecule has 1 saturated carbocycles. The fraction of sp³-hybridized carbons (Fsp3) is 1.00. The van der Waals surface area contributed by atoms with Gasteiger partial charge in [0.1, 0.15) is 0 Å². The molecule has 2 aliphatic rings. The van der Waals surface area contributed by atoms with Gasteiger partial charge in [-0.3, -0.25) is 0 Å². The number of hydrogen-bond acceptors (Lipinski definition) is 2. The van der Waals surface area contributed by atoms with E-state index in [0.717, 1.165) is 17.9 Å². The van der Waals surface area contributed by atoms with Crippen LogP contribution in [-0.4, -0.2) is 37.1 Å². The Morgan fingerprint density at radius 2 is 1.86 bits per heavy atom. The molecule has 14 heavy (non-hydrogen) atoms.